The third-order valence-corrected chi connectivity index (χ3v) is 3.07. The van der Waals surface area contributed by atoms with Crippen molar-refractivity contribution in [3.8, 4) is 5.75 Å². The second-order valence-electron chi connectivity index (χ2n) is 3.49. The Morgan fingerprint density at radius 2 is 2.33 bits per heavy atom. The second kappa shape index (κ2) is 7.12. The molecule has 0 amide bonds. The maximum Gasteiger partial charge on any atom is 0.138 e. The Balaban J connectivity index is 2.41. The Labute approximate surface area is 105 Å². The summed E-state index contributed by atoms with van der Waals surface area (Å²) >= 11 is 7.67. The summed E-state index contributed by atoms with van der Waals surface area (Å²) in [6, 6.07) is 1.93. The Hall–Kier alpha value is -0.220. The molecule has 1 aromatic rings. The molecule has 0 aliphatic heterocycles. The van der Waals surface area contributed by atoms with Crippen molar-refractivity contribution < 1.29 is 4.74 Å². The summed E-state index contributed by atoms with van der Waals surface area (Å²) in [4.78, 5) is 4.04. The normalized spacial score (nSPS) is 12.5. The average molecular weight is 290 g/mol. The summed E-state index contributed by atoms with van der Waals surface area (Å²) < 4.78 is 6.59. The van der Waals surface area contributed by atoms with Crippen molar-refractivity contribution in [3.05, 3.63) is 22.9 Å². The molecule has 1 heterocycles. The molecule has 1 unspecified atom stereocenters. The lowest BCUT2D eigenvalue weighted by atomic mass is 10.1. The summed E-state index contributed by atoms with van der Waals surface area (Å²) in [5.74, 6) is 2.21. The third kappa shape index (κ3) is 4.89. The highest BCUT2D eigenvalue weighted by atomic mass is 79.9. The van der Waals surface area contributed by atoms with E-state index in [1.165, 1.54) is 6.42 Å². The summed E-state index contributed by atoms with van der Waals surface area (Å²) in [7, 11) is 0. The highest BCUT2D eigenvalue weighted by Gasteiger charge is 2.06. The molecule has 0 fully saturated rings. The highest BCUT2D eigenvalue weighted by Crippen LogP contribution is 2.17. The number of halogens is 1. The van der Waals surface area contributed by atoms with E-state index in [1.54, 1.807) is 12.4 Å². The van der Waals surface area contributed by atoms with Gasteiger partial charge in [0.2, 0.25) is 0 Å². The van der Waals surface area contributed by atoms with Crippen molar-refractivity contribution in [1.82, 2.24) is 4.98 Å². The van der Waals surface area contributed by atoms with Gasteiger partial charge in [0.05, 0.1) is 12.8 Å². The van der Waals surface area contributed by atoms with Crippen molar-refractivity contribution in [2.75, 3.05) is 12.4 Å². The van der Waals surface area contributed by atoms with E-state index in [2.05, 4.69) is 40.5 Å². The zero-order valence-corrected chi connectivity index (χ0v) is 11.3. The van der Waals surface area contributed by atoms with Crippen LogP contribution in [0.25, 0.3) is 0 Å². The quantitative estimate of drug-likeness (QED) is 0.809. The summed E-state index contributed by atoms with van der Waals surface area (Å²) in [6.07, 6.45) is 5.80. The predicted octanol–water partition coefficient (Wildman–Crippen LogP) is 3.57. The van der Waals surface area contributed by atoms with Crippen LogP contribution in [-0.2, 0) is 0 Å². The van der Waals surface area contributed by atoms with E-state index in [0.717, 1.165) is 29.0 Å². The molecule has 0 bridgehead atoms. The average Bonchev–Trinajstić information content (AvgIpc) is 2.24. The van der Waals surface area contributed by atoms with Crippen LogP contribution in [-0.4, -0.2) is 17.3 Å². The Morgan fingerprint density at radius 1 is 1.53 bits per heavy atom. The first kappa shape index (κ1) is 12.8. The van der Waals surface area contributed by atoms with Crippen LogP contribution in [0.4, 0.5) is 0 Å². The first-order valence-corrected chi connectivity index (χ1v) is 6.53. The van der Waals surface area contributed by atoms with Crippen LogP contribution in [0.15, 0.2) is 22.9 Å². The van der Waals surface area contributed by atoms with Crippen LogP contribution in [0.2, 0.25) is 0 Å². The molecule has 2 nitrogen and oxygen atoms in total. The van der Waals surface area contributed by atoms with Gasteiger partial charge >= 0.3 is 0 Å². The molecule has 0 saturated heterocycles. The fourth-order valence-corrected chi connectivity index (χ4v) is 1.95. The van der Waals surface area contributed by atoms with E-state index in [4.69, 9.17) is 4.74 Å². The molecule has 15 heavy (non-hydrogen) atoms. The number of rotatable bonds is 6. The number of thiol groups is 1. The fraction of sp³-hybridized carbons (Fsp3) is 0.545. The first-order chi connectivity index (χ1) is 7.26. The largest absolute Gasteiger partial charge is 0.492 e. The fourth-order valence-electron chi connectivity index (χ4n) is 1.32. The van der Waals surface area contributed by atoms with Crippen LogP contribution in [0.1, 0.15) is 19.8 Å². The molecule has 4 heteroatoms. The lowest BCUT2D eigenvalue weighted by Crippen LogP contribution is -2.13. The second-order valence-corrected chi connectivity index (χ2v) is 4.77. The van der Waals surface area contributed by atoms with Crippen LogP contribution in [0, 0.1) is 5.92 Å². The molecule has 1 aromatic heterocycles. The standard InChI is InChI=1S/C11H16BrNOS/c1-2-3-9(8-15)7-14-11-4-10(12)5-13-6-11/h4-6,9,15H,2-3,7-8H2,1H3. The number of nitrogens with zero attached hydrogens (tertiary/aromatic N) is 1. The minimum absolute atomic E-state index is 0.525. The molecule has 0 aliphatic carbocycles. The van der Waals surface area contributed by atoms with Crippen LogP contribution >= 0.6 is 28.6 Å². The smallest absolute Gasteiger partial charge is 0.138 e. The van der Waals surface area contributed by atoms with Gasteiger partial charge in [-0.15, -0.1) is 0 Å². The molecule has 0 aliphatic rings. The molecule has 0 radical (unpaired) electrons. The minimum atomic E-state index is 0.525. The lowest BCUT2D eigenvalue weighted by Gasteiger charge is -2.14. The SMILES string of the molecule is CCCC(CS)COc1cncc(Br)c1. The maximum absolute atomic E-state index is 5.65. The number of hydrogen-bond donors (Lipinski definition) is 1. The van der Waals surface area contributed by atoms with Gasteiger partial charge in [-0.1, -0.05) is 13.3 Å². The van der Waals surface area contributed by atoms with Gasteiger partial charge < -0.3 is 4.74 Å². The van der Waals surface area contributed by atoms with Gasteiger partial charge in [0.25, 0.3) is 0 Å². The summed E-state index contributed by atoms with van der Waals surface area (Å²) in [5, 5.41) is 0. The molecule has 1 atom stereocenters. The molecule has 1 rings (SSSR count). The molecule has 0 saturated carbocycles. The first-order valence-electron chi connectivity index (χ1n) is 5.10. The molecule has 84 valence electrons. The van der Waals surface area contributed by atoms with Gasteiger partial charge in [-0.2, -0.15) is 12.6 Å². The maximum atomic E-state index is 5.65. The van der Waals surface area contributed by atoms with E-state index >= 15 is 0 Å². The van der Waals surface area contributed by atoms with E-state index in [1.807, 2.05) is 6.07 Å². The van der Waals surface area contributed by atoms with Gasteiger partial charge in [-0.3, -0.25) is 4.98 Å². The van der Waals surface area contributed by atoms with E-state index in [0.29, 0.717) is 5.92 Å². The number of pyridine rings is 1. The van der Waals surface area contributed by atoms with E-state index in [9.17, 15) is 0 Å². The molecular formula is C11H16BrNOS. The number of ether oxygens (including phenoxy) is 1. The van der Waals surface area contributed by atoms with Gasteiger partial charge in [0.1, 0.15) is 5.75 Å². The molecule has 0 aromatic carbocycles. The lowest BCUT2D eigenvalue weighted by molar-refractivity contribution is 0.253. The highest BCUT2D eigenvalue weighted by molar-refractivity contribution is 9.10. The minimum Gasteiger partial charge on any atom is -0.492 e. The van der Waals surface area contributed by atoms with Crippen molar-refractivity contribution in [2.24, 2.45) is 5.92 Å². The van der Waals surface area contributed by atoms with Crippen molar-refractivity contribution in [2.45, 2.75) is 19.8 Å². The number of aromatic nitrogens is 1. The van der Waals surface area contributed by atoms with E-state index < -0.39 is 0 Å². The zero-order chi connectivity index (χ0) is 11.1. The molecular weight excluding hydrogens is 274 g/mol. The topological polar surface area (TPSA) is 22.1 Å². The van der Waals surface area contributed by atoms with Crippen LogP contribution in [0.5, 0.6) is 5.75 Å². The Kier molecular flexibility index (Phi) is 6.10. The van der Waals surface area contributed by atoms with Gasteiger partial charge in [0, 0.05) is 16.6 Å². The molecule has 0 N–H and O–H groups in total. The van der Waals surface area contributed by atoms with Crippen molar-refractivity contribution >= 4 is 28.6 Å². The Morgan fingerprint density at radius 3 is 2.93 bits per heavy atom. The van der Waals surface area contributed by atoms with Crippen molar-refractivity contribution in [1.29, 1.82) is 0 Å². The third-order valence-electron chi connectivity index (χ3n) is 2.12. The predicted molar refractivity (Wildman–Crippen MR) is 69.7 cm³/mol. The summed E-state index contributed by atoms with van der Waals surface area (Å²) in [6.45, 7) is 2.90. The zero-order valence-electron chi connectivity index (χ0n) is 8.82. The van der Waals surface area contributed by atoms with Gasteiger partial charge in [0.15, 0.2) is 0 Å². The van der Waals surface area contributed by atoms with Crippen LogP contribution < -0.4 is 4.74 Å². The number of hydrogen-bond acceptors (Lipinski definition) is 3. The van der Waals surface area contributed by atoms with Gasteiger partial charge in [-0.05, 0) is 34.2 Å². The summed E-state index contributed by atoms with van der Waals surface area (Å²) in [5.41, 5.74) is 0. The van der Waals surface area contributed by atoms with Crippen molar-refractivity contribution in [3.63, 3.8) is 0 Å². The van der Waals surface area contributed by atoms with Gasteiger partial charge in [-0.25, -0.2) is 0 Å². The Bertz CT molecular complexity index is 296. The van der Waals surface area contributed by atoms with Crippen LogP contribution in [0.3, 0.4) is 0 Å². The monoisotopic (exact) mass is 289 g/mol. The molecule has 0 spiro atoms. The van der Waals surface area contributed by atoms with E-state index in [-0.39, 0.29) is 0 Å².